The number of anilines is 1. The molecule has 1 N–H and O–H groups in total. The molecule has 8 heteroatoms. The third-order valence-electron chi connectivity index (χ3n) is 4.50. The van der Waals surface area contributed by atoms with Crippen molar-refractivity contribution in [1.82, 2.24) is 0 Å². The van der Waals surface area contributed by atoms with Crippen LogP contribution in [0.2, 0.25) is 0 Å². The Balaban J connectivity index is 1.73. The molecule has 0 unspecified atom stereocenters. The van der Waals surface area contributed by atoms with Gasteiger partial charge in [0.1, 0.15) is 0 Å². The van der Waals surface area contributed by atoms with Crippen LogP contribution >= 0.6 is 0 Å². The lowest BCUT2D eigenvalue weighted by atomic mass is 10.0. The van der Waals surface area contributed by atoms with Crippen LogP contribution < -0.4 is 19.5 Å². The summed E-state index contributed by atoms with van der Waals surface area (Å²) in [6, 6.07) is 10.2. The van der Waals surface area contributed by atoms with Gasteiger partial charge in [0.05, 0.1) is 27.0 Å². The van der Waals surface area contributed by atoms with Gasteiger partial charge >= 0.3 is 0 Å². The number of hydrogen-bond donors (Lipinski definition) is 1. The van der Waals surface area contributed by atoms with Gasteiger partial charge in [0.15, 0.2) is 17.3 Å². The van der Waals surface area contributed by atoms with Crippen molar-refractivity contribution in [3.63, 3.8) is 0 Å². The molecule has 1 amide bonds. The van der Waals surface area contributed by atoms with Crippen LogP contribution in [0, 0.1) is 0 Å². The van der Waals surface area contributed by atoms with E-state index in [0.29, 0.717) is 39.8 Å². The Morgan fingerprint density at radius 2 is 1.76 bits per heavy atom. The Hall–Kier alpha value is -3.55. The third-order valence-corrected chi connectivity index (χ3v) is 4.50. The van der Waals surface area contributed by atoms with Crippen LogP contribution in [0.25, 0.3) is 0 Å². The predicted molar refractivity (Wildman–Crippen MR) is 107 cm³/mol. The molecule has 0 aromatic heterocycles. The number of oxime groups is 1. The largest absolute Gasteiger partial charge is 0.493 e. The zero-order valence-electron chi connectivity index (χ0n) is 16.6. The predicted octanol–water partition coefficient (Wildman–Crippen LogP) is 3.05. The summed E-state index contributed by atoms with van der Waals surface area (Å²) < 4.78 is 16.0. The van der Waals surface area contributed by atoms with E-state index in [0.717, 1.165) is 0 Å². The second kappa shape index (κ2) is 8.64. The SMILES string of the molecule is COc1cc(C2=NO[C@H](C(=O)Nc3cccc(C(C)=O)c3)C2)cc(OC)c1OC. The van der Waals surface area contributed by atoms with Crippen LogP contribution in [0.5, 0.6) is 17.2 Å². The summed E-state index contributed by atoms with van der Waals surface area (Å²) in [5, 5.41) is 6.81. The molecular weight excluding hydrogens is 376 g/mol. The number of amides is 1. The van der Waals surface area contributed by atoms with E-state index in [4.69, 9.17) is 19.0 Å². The van der Waals surface area contributed by atoms with E-state index in [2.05, 4.69) is 10.5 Å². The molecule has 1 aliphatic rings. The fraction of sp³-hybridized carbons (Fsp3) is 0.286. The van der Waals surface area contributed by atoms with E-state index >= 15 is 0 Å². The number of methoxy groups -OCH3 is 3. The fourth-order valence-corrected chi connectivity index (χ4v) is 2.97. The maximum absolute atomic E-state index is 12.6. The number of ether oxygens (including phenoxy) is 3. The van der Waals surface area contributed by atoms with Crippen LogP contribution in [0.3, 0.4) is 0 Å². The summed E-state index contributed by atoms with van der Waals surface area (Å²) in [4.78, 5) is 29.4. The Bertz CT molecular complexity index is 944. The van der Waals surface area contributed by atoms with Crippen molar-refractivity contribution in [1.29, 1.82) is 0 Å². The summed E-state index contributed by atoms with van der Waals surface area (Å²) >= 11 is 0. The molecule has 8 nitrogen and oxygen atoms in total. The molecule has 0 radical (unpaired) electrons. The van der Waals surface area contributed by atoms with E-state index in [1.54, 1.807) is 36.4 Å². The molecule has 0 saturated heterocycles. The maximum Gasteiger partial charge on any atom is 0.268 e. The number of benzene rings is 2. The van der Waals surface area contributed by atoms with Crippen molar-refractivity contribution in [2.24, 2.45) is 5.16 Å². The first-order valence-electron chi connectivity index (χ1n) is 8.91. The van der Waals surface area contributed by atoms with Gasteiger partial charge in [-0.2, -0.15) is 0 Å². The first-order valence-corrected chi connectivity index (χ1v) is 8.91. The second-order valence-electron chi connectivity index (χ2n) is 6.38. The van der Waals surface area contributed by atoms with Gasteiger partial charge in [0.2, 0.25) is 11.9 Å². The highest BCUT2D eigenvalue weighted by atomic mass is 16.6. The van der Waals surface area contributed by atoms with Gasteiger partial charge in [-0.25, -0.2) is 0 Å². The van der Waals surface area contributed by atoms with Gasteiger partial charge in [-0.15, -0.1) is 0 Å². The molecular formula is C21H22N2O6. The Morgan fingerprint density at radius 3 is 2.34 bits per heavy atom. The zero-order valence-corrected chi connectivity index (χ0v) is 16.6. The van der Waals surface area contributed by atoms with Crippen LogP contribution in [-0.4, -0.2) is 44.8 Å². The number of nitrogens with one attached hydrogen (secondary N) is 1. The lowest BCUT2D eigenvalue weighted by Gasteiger charge is -2.14. The second-order valence-corrected chi connectivity index (χ2v) is 6.38. The summed E-state index contributed by atoms with van der Waals surface area (Å²) in [5.74, 6) is 1.01. The zero-order chi connectivity index (χ0) is 21.0. The highest BCUT2D eigenvalue weighted by Crippen LogP contribution is 2.39. The number of ketones is 1. The number of carbonyl (C=O) groups is 2. The number of nitrogens with zero attached hydrogens (tertiary/aromatic N) is 1. The monoisotopic (exact) mass is 398 g/mol. The molecule has 3 rings (SSSR count). The Labute approximate surface area is 168 Å². The average Bonchev–Trinajstić information content (AvgIpc) is 3.23. The van der Waals surface area contributed by atoms with Gasteiger partial charge in [-0.1, -0.05) is 17.3 Å². The minimum Gasteiger partial charge on any atom is -0.493 e. The molecule has 2 aromatic rings. The summed E-state index contributed by atoms with van der Waals surface area (Å²) in [6.45, 7) is 1.47. The van der Waals surface area contributed by atoms with Crippen molar-refractivity contribution in [3.05, 3.63) is 47.5 Å². The lowest BCUT2D eigenvalue weighted by Crippen LogP contribution is -2.28. The molecule has 0 spiro atoms. The summed E-state index contributed by atoms with van der Waals surface area (Å²) in [6.07, 6.45) is -0.512. The van der Waals surface area contributed by atoms with Crippen LogP contribution in [0.15, 0.2) is 41.6 Å². The van der Waals surface area contributed by atoms with Crippen molar-refractivity contribution in [2.45, 2.75) is 19.4 Å². The van der Waals surface area contributed by atoms with Crippen LogP contribution in [0.1, 0.15) is 29.3 Å². The normalized spacial score (nSPS) is 15.2. The van der Waals surface area contributed by atoms with Gasteiger partial charge in [-0.05, 0) is 31.2 Å². The number of carbonyl (C=O) groups excluding carboxylic acids is 2. The summed E-state index contributed by atoms with van der Waals surface area (Å²) in [7, 11) is 4.58. The van der Waals surface area contributed by atoms with Crippen molar-refractivity contribution in [3.8, 4) is 17.2 Å². The van der Waals surface area contributed by atoms with Crippen molar-refractivity contribution < 1.29 is 28.6 Å². The molecule has 29 heavy (non-hydrogen) atoms. The van der Waals surface area contributed by atoms with Gasteiger partial charge in [0.25, 0.3) is 5.91 Å². The molecule has 1 heterocycles. The molecule has 0 fully saturated rings. The van der Waals surface area contributed by atoms with Gasteiger partial charge in [-0.3, -0.25) is 9.59 Å². The van der Waals surface area contributed by atoms with E-state index in [9.17, 15) is 9.59 Å². The number of Topliss-reactive ketones (excluding diaryl/α,β-unsaturated/α-hetero) is 1. The maximum atomic E-state index is 12.6. The lowest BCUT2D eigenvalue weighted by molar-refractivity contribution is -0.125. The van der Waals surface area contributed by atoms with E-state index in [1.165, 1.54) is 28.3 Å². The van der Waals surface area contributed by atoms with Gasteiger partial charge < -0.3 is 24.4 Å². The molecule has 0 aliphatic carbocycles. The van der Waals surface area contributed by atoms with Crippen LogP contribution in [0.4, 0.5) is 5.69 Å². The van der Waals surface area contributed by atoms with Crippen LogP contribution in [-0.2, 0) is 9.63 Å². The van der Waals surface area contributed by atoms with Gasteiger partial charge in [0, 0.05) is 23.2 Å². The highest BCUT2D eigenvalue weighted by molar-refractivity contribution is 6.07. The number of hydrogen-bond acceptors (Lipinski definition) is 7. The third kappa shape index (κ3) is 4.31. The molecule has 1 aliphatic heterocycles. The van der Waals surface area contributed by atoms with E-state index in [-0.39, 0.29) is 18.1 Å². The molecule has 0 saturated carbocycles. The molecule has 1 atom stereocenters. The quantitative estimate of drug-likeness (QED) is 0.721. The molecule has 0 bridgehead atoms. The highest BCUT2D eigenvalue weighted by Gasteiger charge is 2.30. The fourth-order valence-electron chi connectivity index (χ4n) is 2.97. The Morgan fingerprint density at radius 1 is 1.07 bits per heavy atom. The first kappa shape index (κ1) is 20.2. The first-order chi connectivity index (χ1) is 14.0. The molecule has 152 valence electrons. The van der Waals surface area contributed by atoms with Crippen molar-refractivity contribution in [2.75, 3.05) is 26.6 Å². The average molecular weight is 398 g/mol. The minimum atomic E-state index is -0.787. The Kier molecular flexibility index (Phi) is 6.01. The minimum absolute atomic E-state index is 0.0776. The van der Waals surface area contributed by atoms with Crippen molar-refractivity contribution >= 4 is 23.1 Å². The van der Waals surface area contributed by atoms with E-state index < -0.39 is 6.10 Å². The smallest absolute Gasteiger partial charge is 0.268 e. The topological polar surface area (TPSA) is 95.5 Å². The standard InChI is InChI=1S/C21H22N2O6/c1-12(24)13-6-5-7-15(8-13)22-21(25)19-11-16(23-29-19)14-9-17(26-2)20(28-4)18(10-14)27-3/h5-10,19H,11H2,1-4H3,(H,22,25)/t19-/m0/s1. The summed E-state index contributed by atoms with van der Waals surface area (Å²) in [5.41, 5.74) is 2.33. The number of rotatable bonds is 7. The van der Waals surface area contributed by atoms with E-state index in [1.807, 2.05) is 0 Å². The molecule has 2 aromatic carbocycles.